The summed E-state index contributed by atoms with van der Waals surface area (Å²) >= 11 is 0. The van der Waals surface area contributed by atoms with Gasteiger partial charge in [-0.25, -0.2) is 0 Å². The summed E-state index contributed by atoms with van der Waals surface area (Å²) in [7, 11) is 4.93. The highest BCUT2D eigenvalue weighted by Crippen LogP contribution is 2.34. The fourth-order valence-corrected chi connectivity index (χ4v) is 2.88. The molecule has 5 heteroatoms. The van der Waals surface area contributed by atoms with Crippen molar-refractivity contribution in [3.05, 3.63) is 53.7 Å². The average molecular weight is 326 g/mol. The van der Waals surface area contributed by atoms with Gasteiger partial charge in [-0.3, -0.25) is 0 Å². The van der Waals surface area contributed by atoms with Crippen molar-refractivity contribution in [2.45, 2.75) is 13.1 Å². The number of hydrogen-bond donors (Lipinski definition) is 2. The van der Waals surface area contributed by atoms with Crippen LogP contribution in [0.25, 0.3) is 10.9 Å². The van der Waals surface area contributed by atoms with Gasteiger partial charge in [-0.15, -0.1) is 0 Å². The van der Waals surface area contributed by atoms with E-state index in [4.69, 9.17) is 14.2 Å². The number of H-pyrrole nitrogens is 1. The Morgan fingerprint density at radius 3 is 2.33 bits per heavy atom. The van der Waals surface area contributed by atoms with Crippen LogP contribution in [0.5, 0.6) is 17.2 Å². The van der Waals surface area contributed by atoms with Crippen LogP contribution in [0.4, 0.5) is 0 Å². The van der Waals surface area contributed by atoms with Gasteiger partial charge in [-0.1, -0.05) is 12.1 Å². The van der Waals surface area contributed by atoms with Crippen LogP contribution in [-0.2, 0) is 13.1 Å². The zero-order chi connectivity index (χ0) is 16.9. The SMILES string of the molecule is COc1cc(OC)c(CNCc2cccc3[nH]ccc23)c(OC)c1. The molecule has 5 nitrogen and oxygen atoms in total. The number of rotatable bonds is 7. The molecule has 0 atom stereocenters. The van der Waals surface area contributed by atoms with Gasteiger partial charge in [0.2, 0.25) is 0 Å². The number of benzene rings is 2. The second-order valence-corrected chi connectivity index (χ2v) is 5.47. The van der Waals surface area contributed by atoms with Gasteiger partial charge in [0.05, 0.1) is 26.9 Å². The maximum atomic E-state index is 5.49. The summed E-state index contributed by atoms with van der Waals surface area (Å²) in [5, 5.41) is 4.71. The minimum atomic E-state index is 0.636. The van der Waals surface area contributed by atoms with Crippen LogP contribution >= 0.6 is 0 Å². The van der Waals surface area contributed by atoms with Gasteiger partial charge < -0.3 is 24.5 Å². The Morgan fingerprint density at radius 1 is 0.917 bits per heavy atom. The Kier molecular flexibility index (Phi) is 4.91. The van der Waals surface area contributed by atoms with Crippen molar-refractivity contribution in [2.75, 3.05) is 21.3 Å². The summed E-state index contributed by atoms with van der Waals surface area (Å²) in [5.41, 5.74) is 3.37. The van der Waals surface area contributed by atoms with Crippen molar-refractivity contribution in [3.8, 4) is 17.2 Å². The number of nitrogens with one attached hydrogen (secondary N) is 2. The molecule has 2 N–H and O–H groups in total. The first-order valence-electron chi connectivity index (χ1n) is 7.81. The number of aromatic nitrogens is 1. The zero-order valence-corrected chi connectivity index (χ0v) is 14.2. The minimum Gasteiger partial charge on any atom is -0.496 e. The van der Waals surface area contributed by atoms with Crippen molar-refractivity contribution in [1.29, 1.82) is 0 Å². The molecule has 0 fully saturated rings. The first-order chi connectivity index (χ1) is 11.8. The summed E-state index contributed by atoms with van der Waals surface area (Å²) in [5.74, 6) is 2.21. The molecule has 0 bridgehead atoms. The van der Waals surface area contributed by atoms with E-state index < -0.39 is 0 Å². The van der Waals surface area contributed by atoms with Gasteiger partial charge in [0.15, 0.2) is 0 Å². The van der Waals surface area contributed by atoms with E-state index >= 15 is 0 Å². The van der Waals surface area contributed by atoms with E-state index in [2.05, 4.69) is 34.6 Å². The van der Waals surface area contributed by atoms with E-state index in [1.807, 2.05) is 18.3 Å². The first kappa shape index (κ1) is 16.2. The number of hydrogen-bond acceptors (Lipinski definition) is 4. The second-order valence-electron chi connectivity index (χ2n) is 5.47. The minimum absolute atomic E-state index is 0.636. The first-order valence-corrected chi connectivity index (χ1v) is 7.81. The molecule has 0 aliphatic carbocycles. The van der Waals surface area contributed by atoms with Crippen LogP contribution in [0, 0.1) is 0 Å². The molecular weight excluding hydrogens is 304 g/mol. The molecule has 0 aliphatic heterocycles. The molecule has 0 saturated heterocycles. The standard InChI is InChI=1S/C19H22N2O3/c1-22-14-9-18(23-2)16(19(10-14)24-3)12-20-11-13-5-4-6-17-15(13)7-8-21-17/h4-10,20-21H,11-12H2,1-3H3. The summed E-state index contributed by atoms with van der Waals surface area (Å²) in [6, 6.07) is 12.1. The molecule has 0 saturated carbocycles. The lowest BCUT2D eigenvalue weighted by atomic mass is 10.1. The van der Waals surface area contributed by atoms with Crippen LogP contribution in [-0.4, -0.2) is 26.3 Å². The smallest absolute Gasteiger partial charge is 0.130 e. The third kappa shape index (κ3) is 3.16. The van der Waals surface area contributed by atoms with Crippen molar-refractivity contribution in [1.82, 2.24) is 10.3 Å². The van der Waals surface area contributed by atoms with Crippen molar-refractivity contribution in [3.63, 3.8) is 0 Å². The molecule has 0 spiro atoms. The molecule has 3 rings (SSSR count). The van der Waals surface area contributed by atoms with Crippen LogP contribution < -0.4 is 19.5 Å². The lowest BCUT2D eigenvalue weighted by molar-refractivity contribution is 0.366. The molecular formula is C19H22N2O3. The van der Waals surface area contributed by atoms with E-state index in [1.165, 1.54) is 10.9 Å². The van der Waals surface area contributed by atoms with Crippen LogP contribution in [0.2, 0.25) is 0 Å². The highest BCUT2D eigenvalue weighted by molar-refractivity contribution is 5.82. The lowest BCUT2D eigenvalue weighted by Gasteiger charge is -2.15. The third-order valence-corrected chi connectivity index (χ3v) is 4.12. The molecule has 126 valence electrons. The van der Waals surface area contributed by atoms with Crippen molar-refractivity contribution >= 4 is 10.9 Å². The van der Waals surface area contributed by atoms with Crippen molar-refractivity contribution in [2.24, 2.45) is 0 Å². The predicted octanol–water partition coefficient (Wildman–Crippen LogP) is 3.48. The van der Waals surface area contributed by atoms with Crippen LogP contribution in [0.15, 0.2) is 42.6 Å². The molecule has 1 heterocycles. The Hall–Kier alpha value is -2.66. The normalized spacial score (nSPS) is 10.8. The topological polar surface area (TPSA) is 55.5 Å². The van der Waals surface area contributed by atoms with Crippen LogP contribution in [0.3, 0.4) is 0 Å². The van der Waals surface area contributed by atoms with Crippen LogP contribution in [0.1, 0.15) is 11.1 Å². The second kappa shape index (κ2) is 7.27. The number of ether oxygens (including phenoxy) is 3. The molecule has 1 aromatic heterocycles. The largest absolute Gasteiger partial charge is 0.496 e. The Labute approximate surface area is 141 Å². The van der Waals surface area contributed by atoms with E-state index in [1.54, 1.807) is 21.3 Å². The van der Waals surface area contributed by atoms with E-state index in [-0.39, 0.29) is 0 Å². The van der Waals surface area contributed by atoms with Gasteiger partial charge in [-0.05, 0) is 17.7 Å². The van der Waals surface area contributed by atoms with Crippen molar-refractivity contribution < 1.29 is 14.2 Å². The number of methoxy groups -OCH3 is 3. The maximum absolute atomic E-state index is 5.49. The molecule has 0 amide bonds. The van der Waals surface area contributed by atoms with Gasteiger partial charge in [0.1, 0.15) is 17.2 Å². The quantitative estimate of drug-likeness (QED) is 0.698. The van der Waals surface area contributed by atoms with E-state index in [0.717, 1.165) is 29.1 Å². The van der Waals surface area contributed by atoms with Gasteiger partial charge >= 0.3 is 0 Å². The Balaban J connectivity index is 1.78. The highest BCUT2D eigenvalue weighted by Gasteiger charge is 2.13. The molecule has 0 unspecified atom stereocenters. The maximum Gasteiger partial charge on any atom is 0.130 e. The summed E-state index contributed by atoms with van der Waals surface area (Å²) in [6.07, 6.45) is 1.96. The monoisotopic (exact) mass is 326 g/mol. The van der Waals surface area contributed by atoms with Gasteiger partial charge in [0, 0.05) is 42.3 Å². The molecule has 24 heavy (non-hydrogen) atoms. The summed E-state index contributed by atoms with van der Waals surface area (Å²) in [6.45, 7) is 1.39. The Bertz CT molecular complexity index is 801. The average Bonchev–Trinajstić information content (AvgIpc) is 3.11. The molecule has 3 aromatic rings. The van der Waals surface area contributed by atoms with Gasteiger partial charge in [-0.2, -0.15) is 0 Å². The Morgan fingerprint density at radius 2 is 1.67 bits per heavy atom. The summed E-state index contributed by atoms with van der Waals surface area (Å²) < 4.78 is 16.3. The van der Waals surface area contributed by atoms with Gasteiger partial charge in [0.25, 0.3) is 0 Å². The molecule has 0 radical (unpaired) electrons. The fraction of sp³-hybridized carbons (Fsp3) is 0.263. The van der Waals surface area contributed by atoms with E-state index in [0.29, 0.717) is 12.3 Å². The third-order valence-electron chi connectivity index (χ3n) is 4.12. The lowest BCUT2D eigenvalue weighted by Crippen LogP contribution is -2.14. The highest BCUT2D eigenvalue weighted by atomic mass is 16.5. The number of fused-ring (bicyclic) bond motifs is 1. The number of aromatic amines is 1. The zero-order valence-electron chi connectivity index (χ0n) is 14.2. The molecule has 2 aromatic carbocycles. The summed E-state index contributed by atoms with van der Waals surface area (Å²) in [4.78, 5) is 3.24. The van der Waals surface area contributed by atoms with E-state index in [9.17, 15) is 0 Å². The predicted molar refractivity (Wildman–Crippen MR) is 94.9 cm³/mol. The fourth-order valence-electron chi connectivity index (χ4n) is 2.88. The molecule has 0 aliphatic rings.